The normalized spacial score (nSPS) is 18.9. The smallest absolute Gasteiger partial charge is 0.260 e. The molecule has 0 aromatic carbocycles. The summed E-state index contributed by atoms with van der Waals surface area (Å²) in [6, 6.07) is 2.39. The standard InChI is InChI=1S/C28H34N8O3S/c1-18-24(11-21(13-29-18)32-26(37)7-8-34-15-19-3-5-22(34)6-4-19)33-27(38)23-14-31-36-17-25(40-28(23)36)20-12-30-35(16-20)9-10-39-2/h11-14,16-17,19,22H,3-10,15H2,1-2H3,(H,32,37)(H,33,38). The maximum atomic E-state index is 13.3. The van der Waals surface area contributed by atoms with E-state index < -0.39 is 0 Å². The van der Waals surface area contributed by atoms with Crippen molar-refractivity contribution < 1.29 is 14.3 Å². The molecular weight excluding hydrogens is 528 g/mol. The Labute approximate surface area is 236 Å². The predicted molar refractivity (Wildman–Crippen MR) is 154 cm³/mol. The highest BCUT2D eigenvalue weighted by atomic mass is 32.1. The van der Waals surface area contributed by atoms with Crippen molar-refractivity contribution in [3.63, 3.8) is 0 Å². The Hall–Kier alpha value is -3.61. The number of ether oxygens (including phenoxy) is 1. The summed E-state index contributed by atoms with van der Waals surface area (Å²) in [5.74, 6) is 0.468. The largest absolute Gasteiger partial charge is 0.383 e. The number of piperidine rings is 2. The number of nitrogens with one attached hydrogen (secondary N) is 2. The Morgan fingerprint density at radius 2 is 1.93 bits per heavy atom. The number of thiazole rings is 1. The first-order valence-corrected chi connectivity index (χ1v) is 14.6. The summed E-state index contributed by atoms with van der Waals surface area (Å²) in [4.78, 5) is 34.6. The minimum atomic E-state index is -0.285. The number of hydrogen-bond acceptors (Lipinski definition) is 8. The van der Waals surface area contributed by atoms with Crippen molar-refractivity contribution in [1.29, 1.82) is 0 Å². The molecule has 4 aromatic heterocycles. The van der Waals surface area contributed by atoms with E-state index in [9.17, 15) is 9.59 Å². The molecule has 3 aliphatic rings. The zero-order chi connectivity index (χ0) is 27.6. The molecule has 2 amide bonds. The van der Waals surface area contributed by atoms with Gasteiger partial charge in [-0.1, -0.05) is 0 Å². The number of amides is 2. The lowest BCUT2D eigenvalue weighted by molar-refractivity contribution is -0.117. The molecule has 12 heteroatoms. The van der Waals surface area contributed by atoms with Gasteiger partial charge in [0.1, 0.15) is 4.83 Å². The quantitative estimate of drug-likeness (QED) is 0.299. The molecular formula is C28H34N8O3S. The highest BCUT2D eigenvalue weighted by Gasteiger charge is 2.33. The molecule has 7 rings (SSSR count). The van der Waals surface area contributed by atoms with E-state index in [0.29, 0.717) is 48.2 Å². The zero-order valence-corrected chi connectivity index (χ0v) is 23.6. The van der Waals surface area contributed by atoms with E-state index in [0.717, 1.165) is 34.3 Å². The van der Waals surface area contributed by atoms with Crippen LogP contribution < -0.4 is 10.6 Å². The molecule has 2 saturated heterocycles. The molecule has 2 aliphatic heterocycles. The molecule has 0 spiro atoms. The second-order valence-electron chi connectivity index (χ2n) is 10.7. The summed E-state index contributed by atoms with van der Waals surface area (Å²) in [6.07, 6.45) is 14.5. The topological polar surface area (TPSA) is 119 Å². The molecule has 11 nitrogen and oxygen atoms in total. The van der Waals surface area contributed by atoms with Gasteiger partial charge in [-0.3, -0.25) is 24.2 Å². The number of methoxy groups -OCH3 is 1. The molecule has 6 heterocycles. The van der Waals surface area contributed by atoms with Gasteiger partial charge in [-0.15, -0.1) is 11.3 Å². The van der Waals surface area contributed by atoms with E-state index in [1.807, 2.05) is 24.0 Å². The van der Waals surface area contributed by atoms with Crippen molar-refractivity contribution in [3.05, 3.63) is 48.3 Å². The summed E-state index contributed by atoms with van der Waals surface area (Å²) in [5.41, 5.74) is 3.19. The zero-order valence-electron chi connectivity index (χ0n) is 22.8. The molecule has 40 heavy (non-hydrogen) atoms. The van der Waals surface area contributed by atoms with Gasteiger partial charge >= 0.3 is 0 Å². The Kier molecular flexibility index (Phi) is 7.63. The van der Waals surface area contributed by atoms with E-state index in [1.165, 1.54) is 37.0 Å². The first-order chi connectivity index (χ1) is 19.5. The van der Waals surface area contributed by atoms with Gasteiger partial charge in [0.25, 0.3) is 5.91 Å². The summed E-state index contributed by atoms with van der Waals surface area (Å²) in [6.45, 7) is 4.97. The summed E-state index contributed by atoms with van der Waals surface area (Å²) < 4.78 is 8.65. The lowest BCUT2D eigenvalue weighted by Gasteiger charge is -2.45. The van der Waals surface area contributed by atoms with Gasteiger partial charge in [-0.25, -0.2) is 4.52 Å². The highest BCUT2D eigenvalue weighted by molar-refractivity contribution is 7.21. The number of rotatable bonds is 10. The summed E-state index contributed by atoms with van der Waals surface area (Å²) in [7, 11) is 1.66. The van der Waals surface area contributed by atoms with Crippen LogP contribution in [0, 0.1) is 12.8 Å². The van der Waals surface area contributed by atoms with Gasteiger partial charge in [0.05, 0.1) is 59.3 Å². The Morgan fingerprint density at radius 3 is 2.70 bits per heavy atom. The van der Waals surface area contributed by atoms with Crippen LogP contribution in [0.1, 0.15) is 48.2 Å². The lowest BCUT2D eigenvalue weighted by atomic mass is 9.80. The summed E-state index contributed by atoms with van der Waals surface area (Å²) in [5, 5.41) is 14.7. The third-order valence-electron chi connectivity index (χ3n) is 7.95. The van der Waals surface area contributed by atoms with Crippen molar-refractivity contribution in [2.45, 2.75) is 51.6 Å². The van der Waals surface area contributed by atoms with Gasteiger partial charge in [0.15, 0.2) is 0 Å². The first-order valence-electron chi connectivity index (χ1n) is 13.8. The molecule has 3 fully saturated rings. The van der Waals surface area contributed by atoms with Crippen LogP contribution in [0.15, 0.2) is 37.1 Å². The number of aromatic nitrogens is 5. The molecule has 1 saturated carbocycles. The van der Waals surface area contributed by atoms with Crippen LogP contribution in [0.5, 0.6) is 0 Å². The van der Waals surface area contributed by atoms with Crippen LogP contribution >= 0.6 is 11.3 Å². The van der Waals surface area contributed by atoms with E-state index in [4.69, 9.17) is 4.74 Å². The average Bonchev–Trinajstić information content (AvgIpc) is 3.69. The van der Waals surface area contributed by atoms with E-state index >= 15 is 0 Å². The number of aryl methyl sites for hydroxylation is 1. The number of fused-ring (bicyclic) bond motifs is 4. The number of pyridine rings is 1. The van der Waals surface area contributed by atoms with Gasteiger partial charge in [-0.2, -0.15) is 10.2 Å². The first kappa shape index (κ1) is 26.6. The van der Waals surface area contributed by atoms with Crippen LogP contribution in [0.2, 0.25) is 0 Å². The fraction of sp³-hybridized carbons (Fsp3) is 0.464. The molecule has 1 aliphatic carbocycles. The van der Waals surface area contributed by atoms with Gasteiger partial charge < -0.3 is 15.4 Å². The number of carbonyl (C=O) groups is 2. The fourth-order valence-electron chi connectivity index (χ4n) is 5.71. The van der Waals surface area contributed by atoms with Gasteiger partial charge in [0, 0.05) is 50.6 Å². The summed E-state index contributed by atoms with van der Waals surface area (Å²) >= 11 is 1.48. The van der Waals surface area contributed by atoms with Crippen molar-refractivity contribution in [2.24, 2.45) is 5.92 Å². The minimum absolute atomic E-state index is 0.0422. The van der Waals surface area contributed by atoms with Crippen LogP contribution in [0.25, 0.3) is 15.3 Å². The predicted octanol–water partition coefficient (Wildman–Crippen LogP) is 4.06. The SMILES string of the molecule is COCCn1cc(-c2cn3ncc(C(=O)Nc4cc(NC(=O)CCN5CC6CCC5CC6)cnc4C)c3s2)cn1. The Balaban J connectivity index is 1.10. The van der Waals surface area contributed by atoms with Crippen LogP contribution in [-0.2, 0) is 16.1 Å². The van der Waals surface area contributed by atoms with Gasteiger partial charge in [0.2, 0.25) is 5.91 Å². The maximum Gasteiger partial charge on any atom is 0.260 e. The minimum Gasteiger partial charge on any atom is -0.383 e. The molecule has 0 unspecified atom stereocenters. The Morgan fingerprint density at radius 1 is 1.07 bits per heavy atom. The average molecular weight is 563 g/mol. The highest BCUT2D eigenvalue weighted by Crippen LogP contribution is 2.35. The molecule has 0 atom stereocenters. The fourth-order valence-corrected chi connectivity index (χ4v) is 6.74. The molecule has 0 radical (unpaired) electrons. The molecule has 2 N–H and O–H groups in total. The Bertz CT molecular complexity index is 1520. The van der Waals surface area contributed by atoms with Crippen molar-refractivity contribution >= 4 is 39.4 Å². The number of hydrogen-bond donors (Lipinski definition) is 2. The lowest BCUT2D eigenvalue weighted by Crippen LogP contribution is -2.48. The van der Waals surface area contributed by atoms with E-state index in [2.05, 4.69) is 30.7 Å². The van der Waals surface area contributed by atoms with Crippen LogP contribution in [0.3, 0.4) is 0 Å². The van der Waals surface area contributed by atoms with Crippen LogP contribution in [-0.4, -0.2) is 73.9 Å². The molecule has 210 valence electrons. The van der Waals surface area contributed by atoms with Crippen molar-refractivity contribution in [3.8, 4) is 10.4 Å². The molecule has 4 aromatic rings. The second-order valence-corrected chi connectivity index (χ2v) is 11.7. The monoisotopic (exact) mass is 562 g/mol. The van der Waals surface area contributed by atoms with Crippen molar-refractivity contribution in [2.75, 3.05) is 37.4 Å². The number of nitrogens with zero attached hydrogens (tertiary/aromatic N) is 6. The second kappa shape index (κ2) is 11.5. The van der Waals surface area contributed by atoms with Crippen molar-refractivity contribution in [1.82, 2.24) is 29.3 Å². The molecule has 2 bridgehead atoms. The van der Waals surface area contributed by atoms with E-state index in [1.54, 1.807) is 36.3 Å². The number of carbonyl (C=O) groups excluding carboxylic acids is 2. The van der Waals surface area contributed by atoms with Gasteiger partial charge in [-0.05, 0) is 44.6 Å². The van der Waals surface area contributed by atoms with Crippen LogP contribution in [0.4, 0.5) is 11.4 Å². The third-order valence-corrected chi connectivity index (χ3v) is 9.11. The number of anilines is 2. The maximum absolute atomic E-state index is 13.3. The third kappa shape index (κ3) is 5.65. The van der Waals surface area contributed by atoms with E-state index in [-0.39, 0.29) is 11.8 Å².